The highest BCUT2D eigenvalue weighted by Gasteiger charge is 2.44. The number of hydrogen-bond donors (Lipinski definition) is 6. The Kier molecular flexibility index (Phi) is 31.1. The predicted octanol–water partition coefficient (Wildman–Crippen LogP) is 7.94. The highest BCUT2D eigenvalue weighted by Crippen LogP contribution is 2.22. The largest absolute Gasteiger partial charge is 0.394 e. The van der Waals surface area contributed by atoms with Crippen molar-refractivity contribution in [2.24, 2.45) is 0 Å². The standard InChI is InChI=1S/C42H79NO8/c1-3-5-7-9-11-12-13-14-15-16-17-18-19-20-21-22-23-24-25-26-27-29-31-36(45)35(43-38(46)32-30-28-10-8-6-4-2)34-50-42-41(49)40(48)39(47)37(33-44)51-42/h24-25,29,31,35-37,39-42,44-45,47-49H,3-23,26-28,30,32-34H2,1-2H3,(H,43,46)/b25-24+,31-29+. The summed E-state index contributed by atoms with van der Waals surface area (Å²) in [6, 6.07) is -0.813. The number of carbonyl (C=O) groups excluding carboxylic acids is 1. The Balaban J connectivity index is 2.30. The van der Waals surface area contributed by atoms with E-state index in [1.165, 1.54) is 109 Å². The summed E-state index contributed by atoms with van der Waals surface area (Å²) in [5, 5.41) is 53.8. The molecular formula is C42H79NO8. The van der Waals surface area contributed by atoms with Gasteiger partial charge in [-0.15, -0.1) is 0 Å². The van der Waals surface area contributed by atoms with Crippen molar-refractivity contribution in [3.63, 3.8) is 0 Å². The fraction of sp³-hybridized carbons (Fsp3) is 0.881. The SMILES string of the molecule is CCCCCCCCCCCCCCCCCC/C=C/CC/C=C/C(O)C(COC1OC(CO)C(O)C(O)C1O)NC(=O)CCCCCCCC. The number of ether oxygens (including phenoxy) is 2. The van der Waals surface area contributed by atoms with Gasteiger partial charge in [0.25, 0.3) is 0 Å². The van der Waals surface area contributed by atoms with Gasteiger partial charge in [0, 0.05) is 6.42 Å². The number of aliphatic hydroxyl groups is 5. The van der Waals surface area contributed by atoms with Gasteiger partial charge in [-0.05, 0) is 32.1 Å². The minimum atomic E-state index is -1.57. The van der Waals surface area contributed by atoms with Crippen LogP contribution in [0.5, 0.6) is 0 Å². The first kappa shape index (κ1) is 47.7. The lowest BCUT2D eigenvalue weighted by molar-refractivity contribution is -0.302. The van der Waals surface area contributed by atoms with Crippen molar-refractivity contribution >= 4 is 5.91 Å². The molecule has 1 rings (SSSR count). The summed E-state index contributed by atoms with van der Waals surface area (Å²) in [6.45, 7) is 3.68. The van der Waals surface area contributed by atoms with Crippen molar-refractivity contribution in [1.82, 2.24) is 5.32 Å². The molecule has 1 aliphatic heterocycles. The molecule has 0 bridgehead atoms. The number of amides is 1. The zero-order chi connectivity index (χ0) is 37.4. The number of rotatable bonds is 34. The molecule has 7 unspecified atom stereocenters. The second-order valence-electron chi connectivity index (χ2n) is 14.8. The number of nitrogens with one attached hydrogen (secondary N) is 1. The van der Waals surface area contributed by atoms with E-state index in [2.05, 4.69) is 31.3 Å². The van der Waals surface area contributed by atoms with Crippen molar-refractivity contribution in [2.45, 2.75) is 224 Å². The average Bonchev–Trinajstić information content (AvgIpc) is 3.13. The van der Waals surface area contributed by atoms with Gasteiger partial charge in [0.1, 0.15) is 24.4 Å². The molecule has 0 radical (unpaired) electrons. The number of allylic oxidation sites excluding steroid dienone is 3. The van der Waals surface area contributed by atoms with Crippen molar-refractivity contribution < 1.29 is 39.8 Å². The van der Waals surface area contributed by atoms with Crippen molar-refractivity contribution in [3.05, 3.63) is 24.3 Å². The number of hydrogen-bond acceptors (Lipinski definition) is 8. The van der Waals surface area contributed by atoms with Crippen LogP contribution in [0.4, 0.5) is 0 Å². The summed E-state index contributed by atoms with van der Waals surface area (Å²) in [5.74, 6) is -0.197. The van der Waals surface area contributed by atoms with Crippen LogP contribution in [-0.4, -0.2) is 87.5 Å². The second-order valence-corrected chi connectivity index (χ2v) is 14.8. The molecular weight excluding hydrogens is 646 g/mol. The van der Waals surface area contributed by atoms with Crippen molar-refractivity contribution in [2.75, 3.05) is 13.2 Å². The Morgan fingerprint density at radius 3 is 1.65 bits per heavy atom. The van der Waals surface area contributed by atoms with Crippen LogP contribution in [0.3, 0.4) is 0 Å². The quantitative estimate of drug-likeness (QED) is 0.0289. The molecule has 51 heavy (non-hydrogen) atoms. The fourth-order valence-corrected chi connectivity index (χ4v) is 6.58. The van der Waals surface area contributed by atoms with E-state index in [0.29, 0.717) is 6.42 Å². The molecule has 9 heteroatoms. The van der Waals surface area contributed by atoms with Crippen LogP contribution in [0.15, 0.2) is 24.3 Å². The summed E-state index contributed by atoms with van der Waals surface area (Å²) in [6.07, 6.45) is 31.2. The van der Waals surface area contributed by atoms with Crippen LogP contribution in [0, 0.1) is 0 Å². The Bertz CT molecular complexity index is 853. The molecule has 0 aromatic rings. The first-order valence-electron chi connectivity index (χ1n) is 21.1. The summed E-state index contributed by atoms with van der Waals surface area (Å²) < 4.78 is 11.1. The molecule has 1 fully saturated rings. The molecule has 9 nitrogen and oxygen atoms in total. The van der Waals surface area contributed by atoms with Gasteiger partial charge in [-0.3, -0.25) is 4.79 Å². The van der Waals surface area contributed by atoms with Gasteiger partial charge >= 0.3 is 0 Å². The molecule has 0 aliphatic carbocycles. The Hall–Kier alpha value is -1.33. The molecule has 6 N–H and O–H groups in total. The molecule has 300 valence electrons. The van der Waals surface area contributed by atoms with Gasteiger partial charge in [-0.2, -0.15) is 0 Å². The van der Waals surface area contributed by atoms with Gasteiger partial charge in [0.2, 0.25) is 5.91 Å². The van der Waals surface area contributed by atoms with E-state index in [4.69, 9.17) is 9.47 Å². The molecule has 1 amide bonds. The predicted molar refractivity (Wildman–Crippen MR) is 207 cm³/mol. The highest BCUT2D eigenvalue weighted by molar-refractivity contribution is 5.76. The maximum Gasteiger partial charge on any atom is 0.220 e. The van der Waals surface area contributed by atoms with Gasteiger partial charge in [-0.25, -0.2) is 0 Å². The van der Waals surface area contributed by atoms with E-state index in [1.54, 1.807) is 6.08 Å². The lowest BCUT2D eigenvalue weighted by Crippen LogP contribution is -2.60. The Labute approximate surface area is 311 Å². The van der Waals surface area contributed by atoms with Crippen LogP contribution in [0.1, 0.15) is 181 Å². The van der Waals surface area contributed by atoms with E-state index in [1.807, 2.05) is 6.08 Å². The Morgan fingerprint density at radius 2 is 1.12 bits per heavy atom. The molecule has 0 saturated carbocycles. The van der Waals surface area contributed by atoms with Gasteiger partial charge in [0.05, 0.1) is 25.4 Å². The summed E-state index contributed by atoms with van der Waals surface area (Å²) >= 11 is 0. The van der Waals surface area contributed by atoms with E-state index < -0.39 is 49.5 Å². The molecule has 1 heterocycles. The highest BCUT2D eigenvalue weighted by atomic mass is 16.7. The molecule has 0 aromatic heterocycles. The fourth-order valence-electron chi connectivity index (χ4n) is 6.58. The number of carbonyl (C=O) groups is 1. The third kappa shape index (κ3) is 24.6. The van der Waals surface area contributed by atoms with Gasteiger partial charge in [-0.1, -0.05) is 167 Å². The molecule has 7 atom stereocenters. The third-order valence-corrected chi connectivity index (χ3v) is 10.0. The zero-order valence-electron chi connectivity index (χ0n) is 32.6. The maximum atomic E-state index is 12.7. The second kappa shape index (κ2) is 33.3. The molecule has 0 spiro atoms. The lowest BCUT2D eigenvalue weighted by atomic mass is 9.99. The normalized spacial score (nSPS) is 22.2. The zero-order valence-corrected chi connectivity index (χ0v) is 32.6. The van der Waals surface area contributed by atoms with E-state index in [-0.39, 0.29) is 12.5 Å². The van der Waals surface area contributed by atoms with Crippen molar-refractivity contribution in [3.8, 4) is 0 Å². The van der Waals surface area contributed by atoms with Crippen LogP contribution in [0.2, 0.25) is 0 Å². The van der Waals surface area contributed by atoms with Gasteiger partial charge < -0.3 is 40.3 Å². The molecule has 1 aliphatic rings. The van der Waals surface area contributed by atoms with E-state index in [9.17, 15) is 30.3 Å². The maximum absolute atomic E-state index is 12.7. The van der Waals surface area contributed by atoms with Crippen LogP contribution >= 0.6 is 0 Å². The first-order valence-corrected chi connectivity index (χ1v) is 21.1. The minimum absolute atomic E-state index is 0.197. The molecule has 0 aromatic carbocycles. The van der Waals surface area contributed by atoms with Crippen LogP contribution in [-0.2, 0) is 14.3 Å². The van der Waals surface area contributed by atoms with E-state index >= 15 is 0 Å². The smallest absolute Gasteiger partial charge is 0.220 e. The van der Waals surface area contributed by atoms with Crippen LogP contribution in [0.25, 0.3) is 0 Å². The monoisotopic (exact) mass is 726 g/mol. The van der Waals surface area contributed by atoms with Crippen LogP contribution < -0.4 is 5.32 Å². The lowest BCUT2D eigenvalue weighted by Gasteiger charge is -2.40. The molecule has 1 saturated heterocycles. The minimum Gasteiger partial charge on any atom is -0.394 e. The summed E-state index contributed by atoms with van der Waals surface area (Å²) in [5.41, 5.74) is 0. The summed E-state index contributed by atoms with van der Waals surface area (Å²) in [4.78, 5) is 12.7. The third-order valence-electron chi connectivity index (χ3n) is 10.0. The van der Waals surface area contributed by atoms with E-state index in [0.717, 1.165) is 51.4 Å². The van der Waals surface area contributed by atoms with Gasteiger partial charge in [0.15, 0.2) is 6.29 Å². The summed E-state index contributed by atoms with van der Waals surface area (Å²) in [7, 11) is 0. The number of aliphatic hydroxyl groups excluding tert-OH is 5. The average molecular weight is 726 g/mol. The topological polar surface area (TPSA) is 149 Å². The van der Waals surface area contributed by atoms with Crippen molar-refractivity contribution in [1.29, 1.82) is 0 Å². The first-order chi connectivity index (χ1) is 24.8. The Morgan fingerprint density at radius 1 is 0.647 bits per heavy atom. The number of unbranched alkanes of at least 4 members (excludes halogenated alkanes) is 22.